The first-order valence-electron chi connectivity index (χ1n) is 18.6. The number of terminal acetylenes is 2. The molecule has 0 radical (unpaired) electrons. The molecule has 0 saturated carbocycles. The van der Waals surface area contributed by atoms with Crippen LogP contribution in [-0.2, 0) is 48.2 Å². The zero-order chi connectivity index (χ0) is 44.8. The fourth-order valence-electron chi connectivity index (χ4n) is 6.00. The highest BCUT2D eigenvalue weighted by molar-refractivity contribution is 5.96. The Morgan fingerprint density at radius 2 is 0.968 bits per heavy atom. The van der Waals surface area contributed by atoms with Gasteiger partial charge < -0.3 is 28.4 Å². The van der Waals surface area contributed by atoms with Crippen molar-refractivity contribution in [2.45, 2.75) is 31.8 Å². The molecule has 16 heteroatoms. The number of hydrogen-bond acceptors (Lipinski definition) is 13. The Hall–Kier alpha value is -8.37. The number of carbonyl (C=O) groups excluding carboxylic acids is 4. The van der Waals surface area contributed by atoms with Crippen molar-refractivity contribution < 1.29 is 47.6 Å². The topological polar surface area (TPSA) is 190 Å². The molecule has 0 aliphatic carbocycles. The Bertz CT molecular complexity index is 2650. The van der Waals surface area contributed by atoms with E-state index >= 15 is 0 Å². The summed E-state index contributed by atoms with van der Waals surface area (Å²) in [6.45, 7) is 7.35. The van der Waals surface area contributed by atoms with Crippen molar-refractivity contribution in [3.63, 3.8) is 0 Å². The summed E-state index contributed by atoms with van der Waals surface area (Å²) in [5.41, 5.74) is -3.22. The molecule has 0 spiro atoms. The molecule has 0 bridgehead atoms. The minimum Gasteiger partial charge on any atom is -0.481 e. The Labute approximate surface area is 353 Å². The molecule has 16 nitrogen and oxygen atoms in total. The van der Waals surface area contributed by atoms with Crippen LogP contribution in [0, 0.1) is 24.7 Å². The molecule has 5 aromatic rings. The Kier molecular flexibility index (Phi) is 15.2. The lowest BCUT2D eigenvalue weighted by molar-refractivity contribution is -0.146. The van der Waals surface area contributed by atoms with E-state index in [-0.39, 0.29) is 30.9 Å². The van der Waals surface area contributed by atoms with Gasteiger partial charge in [-0.3, -0.25) is 0 Å². The standard InChI is InChI=1S/C46H39N3O13/c1-6-19-47-44(54)48(26-38(61-40(50)9-4)28-59-42(52)34-13-11-32-24-36(57-20-7-2)17-15-30(32)22-34)46(56)49(45(47)55)27-39(62-41(51)10-5)29-60-43(53)35-14-12-33-25-37(58-21-8-3)18-16-31(33)23-35/h2-3,6,9-18,22-25,38-39H,1,4-5,19-21,26-29H2. The van der Waals surface area contributed by atoms with Crippen LogP contribution in [0.4, 0.5) is 0 Å². The van der Waals surface area contributed by atoms with Gasteiger partial charge >= 0.3 is 40.9 Å². The molecule has 4 aromatic carbocycles. The van der Waals surface area contributed by atoms with E-state index in [0.717, 1.165) is 22.9 Å². The highest BCUT2D eigenvalue weighted by atomic mass is 16.6. The summed E-state index contributed by atoms with van der Waals surface area (Å²) >= 11 is 0. The second-order valence-electron chi connectivity index (χ2n) is 13.1. The van der Waals surface area contributed by atoms with Crippen LogP contribution >= 0.6 is 0 Å². The number of rotatable bonds is 20. The van der Waals surface area contributed by atoms with Gasteiger partial charge in [0.15, 0.2) is 12.2 Å². The minimum absolute atomic E-state index is 0.0764. The lowest BCUT2D eigenvalue weighted by atomic mass is 10.1. The molecule has 5 rings (SSSR count). The SMILES string of the molecule is C#CCOc1ccc2cc(C(=O)OCC(Cn3c(=O)n(CC=C)c(=O)n(CC(COC(=O)c4ccc5cc(OCC#C)ccc5c4)OC(=O)C=C)c3=O)OC(=O)C=C)ccc2c1. The van der Waals surface area contributed by atoms with E-state index in [1.54, 1.807) is 60.7 Å². The number of aromatic nitrogens is 3. The van der Waals surface area contributed by atoms with E-state index in [1.165, 1.54) is 18.2 Å². The lowest BCUT2D eigenvalue weighted by Crippen LogP contribution is -2.57. The predicted octanol–water partition coefficient (Wildman–Crippen LogP) is 3.60. The Balaban J connectivity index is 1.39. The number of benzene rings is 4. The Morgan fingerprint density at radius 1 is 0.581 bits per heavy atom. The van der Waals surface area contributed by atoms with Crippen molar-refractivity contribution >= 4 is 45.4 Å². The van der Waals surface area contributed by atoms with Crippen molar-refractivity contribution in [3.8, 4) is 36.2 Å². The van der Waals surface area contributed by atoms with Crippen molar-refractivity contribution in [1.82, 2.24) is 13.7 Å². The first-order valence-corrected chi connectivity index (χ1v) is 18.6. The molecule has 0 amide bonds. The lowest BCUT2D eigenvalue weighted by Gasteiger charge is -2.21. The fraction of sp³-hybridized carbons (Fsp3) is 0.196. The van der Waals surface area contributed by atoms with Gasteiger partial charge in [-0.15, -0.1) is 19.4 Å². The summed E-state index contributed by atoms with van der Waals surface area (Å²) in [6.07, 6.45) is 10.5. The van der Waals surface area contributed by atoms with Crippen LogP contribution < -0.4 is 26.5 Å². The summed E-state index contributed by atoms with van der Waals surface area (Å²) < 4.78 is 34.3. The molecule has 1 heterocycles. The molecule has 0 aliphatic rings. The largest absolute Gasteiger partial charge is 0.481 e. The highest BCUT2D eigenvalue weighted by Gasteiger charge is 2.26. The number of nitrogens with zero attached hydrogens (tertiary/aromatic N) is 3. The zero-order valence-electron chi connectivity index (χ0n) is 33.2. The third-order valence-corrected chi connectivity index (χ3v) is 8.91. The number of fused-ring (bicyclic) bond motifs is 2. The molecule has 1 aromatic heterocycles. The Morgan fingerprint density at radius 3 is 1.35 bits per heavy atom. The maximum atomic E-state index is 14.0. The van der Waals surface area contributed by atoms with Crippen molar-refractivity contribution in [2.24, 2.45) is 0 Å². The van der Waals surface area contributed by atoms with E-state index in [2.05, 4.69) is 31.6 Å². The minimum atomic E-state index is -1.46. The van der Waals surface area contributed by atoms with E-state index in [4.69, 9.17) is 41.3 Å². The van der Waals surface area contributed by atoms with Crippen molar-refractivity contribution in [3.05, 3.63) is 153 Å². The summed E-state index contributed by atoms with van der Waals surface area (Å²) in [5.74, 6) is 2.22. The number of allylic oxidation sites excluding steroid dienone is 1. The van der Waals surface area contributed by atoms with Crippen LogP contribution in [0.2, 0.25) is 0 Å². The van der Waals surface area contributed by atoms with Crippen molar-refractivity contribution in [2.75, 3.05) is 26.4 Å². The van der Waals surface area contributed by atoms with Gasteiger partial charge in [0.25, 0.3) is 0 Å². The molecular formula is C46H39N3O13. The predicted molar refractivity (Wildman–Crippen MR) is 227 cm³/mol. The second kappa shape index (κ2) is 21.1. The third kappa shape index (κ3) is 11.2. The number of hydrogen-bond donors (Lipinski definition) is 0. The van der Waals surface area contributed by atoms with E-state index in [0.29, 0.717) is 36.0 Å². The van der Waals surface area contributed by atoms with Crippen LogP contribution in [0.1, 0.15) is 20.7 Å². The average molecular weight is 842 g/mol. The average Bonchev–Trinajstić information content (AvgIpc) is 3.28. The van der Waals surface area contributed by atoms with Crippen LogP contribution in [0.15, 0.2) is 125 Å². The van der Waals surface area contributed by atoms with Gasteiger partial charge in [0.05, 0.1) is 30.8 Å². The summed E-state index contributed by atoms with van der Waals surface area (Å²) in [4.78, 5) is 92.5. The van der Waals surface area contributed by atoms with Crippen LogP contribution in [0.25, 0.3) is 21.5 Å². The highest BCUT2D eigenvalue weighted by Crippen LogP contribution is 2.24. The maximum absolute atomic E-state index is 14.0. The molecule has 62 heavy (non-hydrogen) atoms. The van der Waals surface area contributed by atoms with Gasteiger partial charge in [0.1, 0.15) is 37.9 Å². The molecular weight excluding hydrogens is 803 g/mol. The third-order valence-electron chi connectivity index (χ3n) is 8.91. The van der Waals surface area contributed by atoms with Crippen LogP contribution in [0.3, 0.4) is 0 Å². The normalized spacial score (nSPS) is 11.5. The molecule has 0 fully saturated rings. The first kappa shape index (κ1) is 44.7. The van der Waals surface area contributed by atoms with Gasteiger partial charge in [-0.25, -0.2) is 47.3 Å². The van der Waals surface area contributed by atoms with Crippen LogP contribution in [-0.4, -0.2) is 76.2 Å². The van der Waals surface area contributed by atoms with E-state index in [9.17, 15) is 33.6 Å². The maximum Gasteiger partial charge on any atom is 0.338 e. The second-order valence-corrected chi connectivity index (χ2v) is 13.1. The summed E-state index contributed by atoms with van der Waals surface area (Å²) in [6, 6.07) is 19.7. The molecule has 2 unspecified atom stereocenters. The molecule has 316 valence electrons. The van der Waals surface area contributed by atoms with Gasteiger partial charge in [-0.2, -0.15) is 0 Å². The smallest absolute Gasteiger partial charge is 0.338 e. The van der Waals surface area contributed by atoms with Crippen LogP contribution in [0.5, 0.6) is 11.5 Å². The van der Waals surface area contributed by atoms with Gasteiger partial charge in [-0.05, 0) is 70.1 Å². The molecule has 0 N–H and O–H groups in total. The van der Waals surface area contributed by atoms with Gasteiger partial charge in [0, 0.05) is 12.2 Å². The monoisotopic (exact) mass is 841 g/mol. The molecule has 2 atom stereocenters. The summed E-state index contributed by atoms with van der Waals surface area (Å²) in [7, 11) is 0. The zero-order valence-corrected chi connectivity index (χ0v) is 33.2. The van der Waals surface area contributed by atoms with Crippen molar-refractivity contribution in [1.29, 1.82) is 0 Å². The first-order chi connectivity index (χ1) is 29.9. The number of esters is 4. The number of carbonyl (C=O) groups is 4. The fourth-order valence-corrected chi connectivity index (χ4v) is 6.00. The quantitative estimate of drug-likeness (QED) is 0.0364. The van der Waals surface area contributed by atoms with E-state index < -0.39 is 79.5 Å². The van der Waals surface area contributed by atoms with Gasteiger partial charge in [-0.1, -0.05) is 55.3 Å². The number of ether oxygens (including phenoxy) is 6. The van der Waals surface area contributed by atoms with Gasteiger partial charge in [0.2, 0.25) is 0 Å². The van der Waals surface area contributed by atoms with E-state index in [1.807, 2.05) is 0 Å². The molecule has 0 aliphatic heterocycles. The summed E-state index contributed by atoms with van der Waals surface area (Å²) in [5, 5.41) is 2.82. The molecule has 0 saturated heterocycles.